The molecule has 138 valence electrons. The molecule has 0 spiro atoms. The quantitative estimate of drug-likeness (QED) is 0.726. The van der Waals surface area contributed by atoms with Gasteiger partial charge in [0.15, 0.2) is 0 Å². The van der Waals surface area contributed by atoms with Crippen molar-refractivity contribution >= 4 is 23.5 Å². The summed E-state index contributed by atoms with van der Waals surface area (Å²) in [6, 6.07) is 4.16. The van der Waals surface area contributed by atoms with Gasteiger partial charge in [-0.1, -0.05) is 44.4 Å². The first-order valence-corrected chi connectivity index (χ1v) is 9.07. The van der Waals surface area contributed by atoms with Crippen LogP contribution in [0.2, 0.25) is 5.02 Å². The van der Waals surface area contributed by atoms with Gasteiger partial charge in [-0.3, -0.25) is 9.59 Å². The summed E-state index contributed by atoms with van der Waals surface area (Å²) in [7, 11) is 1.32. The van der Waals surface area contributed by atoms with Crippen LogP contribution in [-0.2, 0) is 9.53 Å². The average Bonchev–Trinajstić information content (AvgIpc) is 2.59. The first-order valence-electron chi connectivity index (χ1n) is 8.69. The maximum atomic E-state index is 14.3. The van der Waals surface area contributed by atoms with E-state index in [-0.39, 0.29) is 35.1 Å². The predicted molar refractivity (Wildman–Crippen MR) is 95.0 cm³/mol. The lowest BCUT2D eigenvalue weighted by molar-refractivity contribution is -0.145. The smallest absolute Gasteiger partial charge is 0.310 e. The van der Waals surface area contributed by atoms with E-state index in [1.165, 1.54) is 25.3 Å². The topological polar surface area (TPSA) is 46.6 Å². The number of rotatable bonds is 5. The first kappa shape index (κ1) is 19.7. The number of methoxy groups -OCH3 is 1. The standard InChI is InChI=1S/C19H25ClFNO3/c1-12-7-4-5-10-16(12)22(11-13(2)19(24)25-3)18(23)17-14(20)8-6-9-15(17)21/h6,8-9,12-13,16H,4-5,7,10-11H2,1-3H3. The maximum absolute atomic E-state index is 14.3. The second-order valence-corrected chi connectivity index (χ2v) is 7.21. The fourth-order valence-electron chi connectivity index (χ4n) is 3.55. The molecule has 0 heterocycles. The molecule has 0 aromatic heterocycles. The Morgan fingerprint density at radius 2 is 2.04 bits per heavy atom. The third kappa shape index (κ3) is 4.51. The number of ether oxygens (including phenoxy) is 1. The lowest BCUT2D eigenvalue weighted by atomic mass is 9.84. The molecule has 1 amide bonds. The maximum Gasteiger partial charge on any atom is 0.310 e. The van der Waals surface area contributed by atoms with Gasteiger partial charge >= 0.3 is 5.97 Å². The summed E-state index contributed by atoms with van der Waals surface area (Å²) < 4.78 is 19.0. The highest BCUT2D eigenvalue weighted by Crippen LogP contribution is 2.31. The minimum atomic E-state index is -0.642. The van der Waals surface area contributed by atoms with Crippen LogP contribution in [0.3, 0.4) is 0 Å². The Hall–Kier alpha value is -1.62. The van der Waals surface area contributed by atoms with Gasteiger partial charge in [0.25, 0.3) is 5.91 Å². The number of hydrogen-bond acceptors (Lipinski definition) is 3. The van der Waals surface area contributed by atoms with Gasteiger partial charge in [0.2, 0.25) is 0 Å². The Morgan fingerprint density at radius 1 is 1.36 bits per heavy atom. The Labute approximate surface area is 153 Å². The summed E-state index contributed by atoms with van der Waals surface area (Å²) in [6.45, 7) is 3.99. The third-order valence-electron chi connectivity index (χ3n) is 4.98. The van der Waals surface area contributed by atoms with Crippen molar-refractivity contribution in [2.75, 3.05) is 13.7 Å². The molecule has 3 atom stereocenters. The molecular weight excluding hydrogens is 345 g/mol. The number of hydrogen-bond donors (Lipinski definition) is 0. The van der Waals surface area contributed by atoms with Crippen molar-refractivity contribution in [2.45, 2.75) is 45.6 Å². The van der Waals surface area contributed by atoms with Crippen LogP contribution in [0.15, 0.2) is 18.2 Å². The zero-order valence-corrected chi connectivity index (χ0v) is 15.7. The molecule has 0 N–H and O–H groups in total. The number of carbonyl (C=O) groups excluding carboxylic acids is 2. The first-order chi connectivity index (χ1) is 11.9. The van der Waals surface area contributed by atoms with Crippen molar-refractivity contribution in [1.82, 2.24) is 4.90 Å². The minimum Gasteiger partial charge on any atom is -0.469 e. The van der Waals surface area contributed by atoms with E-state index in [4.69, 9.17) is 16.3 Å². The molecule has 0 aliphatic heterocycles. The van der Waals surface area contributed by atoms with Gasteiger partial charge in [0, 0.05) is 12.6 Å². The molecule has 1 saturated carbocycles. The summed E-state index contributed by atoms with van der Waals surface area (Å²) in [5.74, 6) is -1.70. The fourth-order valence-corrected chi connectivity index (χ4v) is 3.79. The molecule has 25 heavy (non-hydrogen) atoms. The number of carbonyl (C=O) groups is 2. The number of benzene rings is 1. The molecule has 1 aromatic carbocycles. The second-order valence-electron chi connectivity index (χ2n) is 6.81. The van der Waals surface area contributed by atoms with E-state index >= 15 is 0 Å². The van der Waals surface area contributed by atoms with Crippen LogP contribution in [0.4, 0.5) is 4.39 Å². The van der Waals surface area contributed by atoms with Gasteiger partial charge in [0.1, 0.15) is 5.82 Å². The molecular formula is C19H25ClFNO3. The van der Waals surface area contributed by atoms with Crippen molar-refractivity contribution in [1.29, 1.82) is 0 Å². The van der Waals surface area contributed by atoms with Crippen molar-refractivity contribution < 1.29 is 18.7 Å². The van der Waals surface area contributed by atoms with E-state index in [0.29, 0.717) is 0 Å². The van der Waals surface area contributed by atoms with Crippen LogP contribution in [0, 0.1) is 17.7 Å². The lowest BCUT2D eigenvalue weighted by Crippen LogP contribution is -2.48. The van der Waals surface area contributed by atoms with Crippen molar-refractivity contribution in [2.24, 2.45) is 11.8 Å². The number of nitrogens with zero attached hydrogens (tertiary/aromatic N) is 1. The minimum absolute atomic E-state index is 0.0379. The summed E-state index contributed by atoms with van der Waals surface area (Å²) in [5.41, 5.74) is -0.126. The zero-order chi connectivity index (χ0) is 18.6. The molecule has 1 aliphatic carbocycles. The van der Waals surface area contributed by atoms with Crippen LogP contribution < -0.4 is 0 Å². The van der Waals surface area contributed by atoms with Crippen LogP contribution >= 0.6 is 11.6 Å². The molecule has 0 saturated heterocycles. The highest BCUT2D eigenvalue weighted by Gasteiger charge is 2.34. The summed E-state index contributed by atoms with van der Waals surface area (Å²) >= 11 is 6.09. The van der Waals surface area contributed by atoms with E-state index < -0.39 is 17.6 Å². The SMILES string of the molecule is COC(=O)C(C)CN(C(=O)c1c(F)cccc1Cl)C1CCCCC1C. The van der Waals surface area contributed by atoms with Crippen molar-refractivity contribution in [3.8, 4) is 0 Å². The van der Waals surface area contributed by atoms with E-state index in [0.717, 1.165) is 25.7 Å². The summed E-state index contributed by atoms with van der Waals surface area (Å²) in [5, 5.41) is 0.0872. The Kier molecular flexibility index (Phi) is 6.82. The molecule has 1 fully saturated rings. The van der Waals surface area contributed by atoms with E-state index in [1.54, 1.807) is 11.8 Å². The van der Waals surface area contributed by atoms with Gasteiger partial charge in [-0.25, -0.2) is 4.39 Å². The van der Waals surface area contributed by atoms with Crippen molar-refractivity contribution in [3.63, 3.8) is 0 Å². The summed E-state index contributed by atoms with van der Waals surface area (Å²) in [4.78, 5) is 26.6. The Morgan fingerprint density at radius 3 is 2.64 bits per heavy atom. The largest absolute Gasteiger partial charge is 0.469 e. The van der Waals surface area contributed by atoms with E-state index in [2.05, 4.69) is 6.92 Å². The fraction of sp³-hybridized carbons (Fsp3) is 0.579. The number of esters is 1. The normalized spacial score (nSPS) is 21.5. The lowest BCUT2D eigenvalue weighted by Gasteiger charge is -2.39. The molecule has 3 unspecified atom stereocenters. The van der Waals surface area contributed by atoms with Crippen molar-refractivity contribution in [3.05, 3.63) is 34.6 Å². The summed E-state index contributed by atoms with van der Waals surface area (Å²) in [6.07, 6.45) is 3.97. The molecule has 1 aliphatic rings. The molecule has 4 nitrogen and oxygen atoms in total. The van der Waals surface area contributed by atoms with E-state index in [9.17, 15) is 14.0 Å². The van der Waals surface area contributed by atoms with Crippen LogP contribution in [-0.4, -0.2) is 36.5 Å². The molecule has 2 rings (SSSR count). The Balaban J connectivity index is 2.36. The molecule has 1 aromatic rings. The monoisotopic (exact) mass is 369 g/mol. The van der Waals surface area contributed by atoms with Gasteiger partial charge < -0.3 is 9.64 Å². The van der Waals surface area contributed by atoms with Crippen LogP contribution in [0.5, 0.6) is 0 Å². The van der Waals surface area contributed by atoms with Crippen LogP contribution in [0.25, 0.3) is 0 Å². The highest BCUT2D eigenvalue weighted by atomic mass is 35.5. The average molecular weight is 370 g/mol. The Bertz CT molecular complexity index is 617. The third-order valence-corrected chi connectivity index (χ3v) is 5.29. The highest BCUT2D eigenvalue weighted by molar-refractivity contribution is 6.33. The molecule has 0 bridgehead atoms. The molecule has 0 radical (unpaired) electrons. The zero-order valence-electron chi connectivity index (χ0n) is 14.9. The molecule has 6 heteroatoms. The number of halogens is 2. The van der Waals surface area contributed by atoms with E-state index in [1.807, 2.05) is 0 Å². The number of amides is 1. The van der Waals surface area contributed by atoms with Crippen LogP contribution in [0.1, 0.15) is 49.9 Å². The van der Waals surface area contributed by atoms with Gasteiger partial charge in [-0.15, -0.1) is 0 Å². The van der Waals surface area contributed by atoms with Gasteiger partial charge in [-0.05, 0) is 30.9 Å². The van der Waals surface area contributed by atoms with Gasteiger partial charge in [0.05, 0.1) is 23.6 Å². The predicted octanol–water partition coefficient (Wildman–Crippen LogP) is 4.31. The van der Waals surface area contributed by atoms with Gasteiger partial charge in [-0.2, -0.15) is 0 Å². The second kappa shape index (κ2) is 8.65.